The first-order chi connectivity index (χ1) is 9.47. The van der Waals surface area contributed by atoms with E-state index in [1.54, 1.807) is 51.4 Å². The Kier molecular flexibility index (Phi) is 3.99. The summed E-state index contributed by atoms with van der Waals surface area (Å²) in [7, 11) is 6.72. The van der Waals surface area contributed by atoms with Crippen molar-refractivity contribution in [2.45, 2.75) is 0 Å². The Bertz CT molecular complexity index is 671. The zero-order valence-corrected chi connectivity index (χ0v) is 12.5. The molecule has 2 aromatic rings. The van der Waals surface area contributed by atoms with Crippen LogP contribution in [0, 0.1) is 0 Å². The molecular weight excluding hydrogens is 280 g/mol. The van der Waals surface area contributed by atoms with E-state index in [0.29, 0.717) is 28.4 Å². The van der Waals surface area contributed by atoms with Crippen LogP contribution in [0.25, 0.3) is 10.9 Å². The van der Waals surface area contributed by atoms with Crippen LogP contribution in [-0.4, -0.2) is 38.5 Å². The lowest BCUT2D eigenvalue weighted by molar-refractivity contribution is 0.108. The van der Waals surface area contributed by atoms with Gasteiger partial charge in [-0.25, -0.2) is 4.98 Å². The topological polar surface area (TPSA) is 51.7 Å². The second-order valence-electron chi connectivity index (χ2n) is 4.43. The first kappa shape index (κ1) is 14.4. The smallest absolute Gasteiger partial charge is 0.256 e. The molecule has 0 spiro atoms. The third kappa shape index (κ3) is 2.49. The summed E-state index contributed by atoms with van der Waals surface area (Å²) in [5.41, 5.74) is 1.06. The summed E-state index contributed by atoms with van der Waals surface area (Å²) in [6, 6.07) is 5.24. The molecule has 0 N–H and O–H groups in total. The third-order valence-electron chi connectivity index (χ3n) is 2.94. The van der Waals surface area contributed by atoms with Crippen molar-refractivity contribution in [2.75, 3.05) is 33.2 Å². The molecule has 0 unspecified atom stereocenters. The molecule has 6 heteroatoms. The van der Waals surface area contributed by atoms with Gasteiger partial charge in [-0.05, 0) is 23.7 Å². The van der Waals surface area contributed by atoms with Crippen LogP contribution in [0.15, 0.2) is 18.2 Å². The first-order valence-electron chi connectivity index (χ1n) is 5.92. The molecular formula is C14H15ClN2O3. The Morgan fingerprint density at radius 3 is 2.25 bits per heavy atom. The molecule has 0 fully saturated rings. The molecule has 0 saturated heterocycles. The van der Waals surface area contributed by atoms with E-state index in [2.05, 4.69) is 4.98 Å². The van der Waals surface area contributed by atoms with Crippen LogP contribution in [0.1, 0.15) is 10.4 Å². The number of methoxy groups -OCH3 is 2. The summed E-state index contributed by atoms with van der Waals surface area (Å²) in [5.74, 6) is 1.68. The Morgan fingerprint density at radius 1 is 1.15 bits per heavy atom. The van der Waals surface area contributed by atoms with Crippen molar-refractivity contribution in [3.63, 3.8) is 0 Å². The maximum absolute atomic E-state index is 11.5. The number of fused-ring (bicyclic) bond motifs is 1. The molecule has 106 valence electrons. The van der Waals surface area contributed by atoms with Crippen molar-refractivity contribution in [3.05, 3.63) is 23.8 Å². The molecule has 1 heterocycles. The van der Waals surface area contributed by atoms with E-state index >= 15 is 0 Å². The Labute approximate surface area is 122 Å². The highest BCUT2D eigenvalue weighted by molar-refractivity contribution is 6.68. The molecule has 0 aliphatic heterocycles. The number of nitrogens with zero attached hydrogens (tertiary/aromatic N) is 2. The predicted molar refractivity (Wildman–Crippen MR) is 79.4 cm³/mol. The minimum absolute atomic E-state index is 0.358. The lowest BCUT2D eigenvalue weighted by Gasteiger charge is -2.16. The fraction of sp³-hybridized carbons (Fsp3) is 0.286. The SMILES string of the molecule is COc1cc2cc(C(=O)Cl)c(N(C)C)nc2cc1OC. The quantitative estimate of drug-likeness (QED) is 0.812. The summed E-state index contributed by atoms with van der Waals surface area (Å²) < 4.78 is 10.5. The molecule has 20 heavy (non-hydrogen) atoms. The van der Waals surface area contributed by atoms with Crippen LogP contribution in [0.5, 0.6) is 11.5 Å². The minimum Gasteiger partial charge on any atom is -0.493 e. The van der Waals surface area contributed by atoms with Gasteiger partial charge < -0.3 is 14.4 Å². The number of benzene rings is 1. The number of carbonyl (C=O) groups is 1. The summed E-state index contributed by atoms with van der Waals surface area (Å²) >= 11 is 5.62. The van der Waals surface area contributed by atoms with E-state index in [-0.39, 0.29) is 0 Å². The lowest BCUT2D eigenvalue weighted by atomic mass is 10.1. The molecule has 0 amide bonds. The van der Waals surface area contributed by atoms with Gasteiger partial charge in [0.2, 0.25) is 0 Å². The highest BCUT2D eigenvalue weighted by Crippen LogP contribution is 2.33. The highest BCUT2D eigenvalue weighted by atomic mass is 35.5. The highest BCUT2D eigenvalue weighted by Gasteiger charge is 2.16. The van der Waals surface area contributed by atoms with Crippen molar-refractivity contribution >= 4 is 33.6 Å². The summed E-state index contributed by atoms with van der Waals surface area (Å²) in [6.45, 7) is 0. The van der Waals surface area contributed by atoms with E-state index in [4.69, 9.17) is 21.1 Å². The van der Waals surface area contributed by atoms with E-state index < -0.39 is 5.24 Å². The average Bonchev–Trinajstić information content (AvgIpc) is 2.43. The van der Waals surface area contributed by atoms with Gasteiger partial charge in [0.25, 0.3) is 5.24 Å². The number of hydrogen-bond donors (Lipinski definition) is 0. The summed E-state index contributed by atoms with van der Waals surface area (Å²) in [5, 5.41) is 0.218. The number of hydrogen-bond acceptors (Lipinski definition) is 5. The molecule has 0 bridgehead atoms. The van der Waals surface area contributed by atoms with Gasteiger partial charge in [-0.15, -0.1) is 0 Å². The van der Waals surface area contributed by atoms with Crippen LogP contribution in [0.3, 0.4) is 0 Å². The van der Waals surface area contributed by atoms with Gasteiger partial charge in [0, 0.05) is 25.5 Å². The minimum atomic E-state index is -0.544. The van der Waals surface area contributed by atoms with Gasteiger partial charge in [-0.1, -0.05) is 0 Å². The maximum Gasteiger partial charge on any atom is 0.256 e. The fourth-order valence-electron chi connectivity index (χ4n) is 1.98. The van der Waals surface area contributed by atoms with Gasteiger partial charge in [-0.2, -0.15) is 0 Å². The summed E-state index contributed by atoms with van der Waals surface area (Å²) in [6.07, 6.45) is 0. The molecule has 1 aromatic carbocycles. The molecule has 0 radical (unpaired) electrons. The Morgan fingerprint density at radius 2 is 1.75 bits per heavy atom. The van der Waals surface area contributed by atoms with E-state index in [1.807, 2.05) is 0 Å². The largest absolute Gasteiger partial charge is 0.493 e. The van der Waals surface area contributed by atoms with Gasteiger partial charge in [-0.3, -0.25) is 4.79 Å². The number of halogens is 1. The second kappa shape index (κ2) is 5.54. The maximum atomic E-state index is 11.5. The number of carbonyl (C=O) groups excluding carboxylic acids is 1. The second-order valence-corrected chi connectivity index (χ2v) is 4.77. The predicted octanol–water partition coefficient (Wildman–Crippen LogP) is 2.70. The van der Waals surface area contributed by atoms with E-state index in [1.165, 1.54) is 0 Å². The number of rotatable bonds is 4. The number of aromatic nitrogens is 1. The number of pyridine rings is 1. The standard InChI is InChI=1S/C14H15ClN2O3/c1-17(2)14-9(13(15)18)5-8-6-11(19-3)12(20-4)7-10(8)16-14/h5-7H,1-4H3. The molecule has 0 aliphatic carbocycles. The Balaban J connectivity index is 2.77. The van der Waals surface area contributed by atoms with Crippen molar-refractivity contribution in [2.24, 2.45) is 0 Å². The van der Waals surface area contributed by atoms with Crippen LogP contribution >= 0.6 is 11.6 Å². The van der Waals surface area contributed by atoms with Crippen molar-refractivity contribution < 1.29 is 14.3 Å². The van der Waals surface area contributed by atoms with Crippen molar-refractivity contribution in [1.82, 2.24) is 4.98 Å². The van der Waals surface area contributed by atoms with Crippen LogP contribution in [-0.2, 0) is 0 Å². The molecule has 1 aromatic heterocycles. The van der Waals surface area contributed by atoms with Gasteiger partial charge in [0.15, 0.2) is 11.5 Å². The van der Waals surface area contributed by atoms with Gasteiger partial charge in [0.1, 0.15) is 5.82 Å². The average molecular weight is 295 g/mol. The zero-order valence-electron chi connectivity index (χ0n) is 11.7. The molecule has 0 saturated carbocycles. The van der Waals surface area contributed by atoms with Gasteiger partial charge >= 0.3 is 0 Å². The van der Waals surface area contributed by atoms with E-state index in [0.717, 1.165) is 5.39 Å². The molecule has 5 nitrogen and oxygen atoms in total. The molecule has 0 aliphatic rings. The summed E-state index contributed by atoms with van der Waals surface area (Å²) in [4.78, 5) is 17.7. The fourth-order valence-corrected chi connectivity index (χ4v) is 2.12. The van der Waals surface area contributed by atoms with Gasteiger partial charge in [0.05, 0.1) is 25.3 Å². The van der Waals surface area contributed by atoms with Crippen molar-refractivity contribution in [1.29, 1.82) is 0 Å². The first-order valence-corrected chi connectivity index (χ1v) is 6.29. The molecule has 0 atom stereocenters. The van der Waals surface area contributed by atoms with Crippen LogP contribution in [0.4, 0.5) is 5.82 Å². The Hall–Kier alpha value is -2.01. The van der Waals surface area contributed by atoms with Crippen LogP contribution in [0.2, 0.25) is 0 Å². The van der Waals surface area contributed by atoms with Crippen molar-refractivity contribution in [3.8, 4) is 11.5 Å². The van der Waals surface area contributed by atoms with E-state index in [9.17, 15) is 4.79 Å². The normalized spacial score (nSPS) is 10.4. The van der Waals surface area contributed by atoms with Crippen LogP contribution < -0.4 is 14.4 Å². The molecule has 2 rings (SSSR count). The lowest BCUT2D eigenvalue weighted by Crippen LogP contribution is -2.14. The number of anilines is 1. The third-order valence-corrected chi connectivity index (χ3v) is 3.14. The monoisotopic (exact) mass is 294 g/mol. The number of ether oxygens (including phenoxy) is 2. The zero-order chi connectivity index (χ0) is 14.9.